The molecule has 1 amide bonds. The molecule has 0 spiro atoms. The van der Waals surface area contributed by atoms with Crippen LogP contribution in [0.5, 0.6) is 0 Å². The number of hydrogen-bond donors (Lipinski definition) is 3. The van der Waals surface area contributed by atoms with E-state index in [2.05, 4.69) is 58.1 Å². The molecule has 0 atom stereocenters. The Bertz CT molecular complexity index is 682. The summed E-state index contributed by atoms with van der Waals surface area (Å²) in [6, 6.07) is 11.2. The van der Waals surface area contributed by atoms with Crippen molar-refractivity contribution in [2.75, 3.05) is 39.8 Å². The Hall–Kier alpha value is -1.73. The molecule has 1 aromatic rings. The van der Waals surface area contributed by atoms with Gasteiger partial charge in [0, 0.05) is 42.4 Å². The zero-order valence-electron chi connectivity index (χ0n) is 18.5. The number of carbonyl (C=O) groups is 1. The van der Waals surface area contributed by atoms with E-state index in [9.17, 15) is 4.79 Å². The number of nitrogens with one attached hydrogen (secondary N) is 3. The fourth-order valence-electron chi connectivity index (χ4n) is 4.30. The van der Waals surface area contributed by atoms with E-state index in [1.165, 1.54) is 30.6 Å². The third-order valence-electron chi connectivity index (χ3n) is 6.04. The first-order valence-corrected chi connectivity index (χ1v) is 12.2. The highest BCUT2D eigenvalue weighted by atomic mass is 32.2. The van der Waals surface area contributed by atoms with E-state index >= 15 is 0 Å². The number of hydrogen-bond acceptors (Lipinski definition) is 4. The van der Waals surface area contributed by atoms with E-state index in [1.54, 1.807) is 7.05 Å². The van der Waals surface area contributed by atoms with Gasteiger partial charge in [0.1, 0.15) is 0 Å². The lowest BCUT2D eigenvalue weighted by molar-refractivity contribution is -0.122. The SMILES string of the molecule is CCNC(=NCC1(Sc2ccccc2)CCCC1)NC1CCN(CC(=O)NC)CC1. The zero-order valence-corrected chi connectivity index (χ0v) is 19.3. The minimum absolute atomic E-state index is 0.0917. The summed E-state index contributed by atoms with van der Waals surface area (Å²) in [6.07, 6.45) is 7.11. The van der Waals surface area contributed by atoms with Crippen LogP contribution in [0, 0.1) is 0 Å². The van der Waals surface area contributed by atoms with Gasteiger partial charge in [-0.15, -0.1) is 11.8 Å². The van der Waals surface area contributed by atoms with Crippen LogP contribution in [0.1, 0.15) is 45.4 Å². The predicted molar refractivity (Wildman–Crippen MR) is 126 cm³/mol. The Morgan fingerprint density at radius 3 is 2.53 bits per heavy atom. The van der Waals surface area contributed by atoms with E-state index in [1.807, 2.05) is 11.8 Å². The van der Waals surface area contributed by atoms with Crippen molar-refractivity contribution in [2.45, 2.75) is 61.1 Å². The number of rotatable bonds is 8. The van der Waals surface area contributed by atoms with Gasteiger partial charge in [0.25, 0.3) is 0 Å². The number of amides is 1. The van der Waals surface area contributed by atoms with Gasteiger partial charge in [-0.2, -0.15) is 0 Å². The first kappa shape index (κ1) is 22.9. The van der Waals surface area contributed by atoms with Crippen molar-refractivity contribution in [3.05, 3.63) is 30.3 Å². The van der Waals surface area contributed by atoms with E-state index in [-0.39, 0.29) is 10.7 Å². The van der Waals surface area contributed by atoms with Crippen LogP contribution < -0.4 is 16.0 Å². The van der Waals surface area contributed by atoms with Crippen LogP contribution in [-0.2, 0) is 4.79 Å². The van der Waals surface area contributed by atoms with Crippen molar-refractivity contribution in [1.82, 2.24) is 20.9 Å². The molecule has 1 saturated heterocycles. The lowest BCUT2D eigenvalue weighted by Gasteiger charge is -2.33. The van der Waals surface area contributed by atoms with Gasteiger partial charge in [0.15, 0.2) is 5.96 Å². The van der Waals surface area contributed by atoms with Gasteiger partial charge >= 0.3 is 0 Å². The zero-order chi connectivity index (χ0) is 21.2. The summed E-state index contributed by atoms with van der Waals surface area (Å²) in [5.41, 5.74) is 0. The number of likely N-dealkylation sites (tertiary alicyclic amines) is 1. The number of benzene rings is 1. The Morgan fingerprint density at radius 2 is 1.90 bits per heavy atom. The van der Waals surface area contributed by atoms with Crippen LogP contribution in [-0.4, -0.2) is 67.3 Å². The van der Waals surface area contributed by atoms with Crippen molar-refractivity contribution >= 4 is 23.6 Å². The minimum atomic E-state index is 0.0917. The van der Waals surface area contributed by atoms with Crippen molar-refractivity contribution < 1.29 is 4.79 Å². The molecule has 1 aromatic carbocycles. The lowest BCUT2D eigenvalue weighted by Crippen LogP contribution is -2.50. The monoisotopic (exact) mass is 431 g/mol. The van der Waals surface area contributed by atoms with Gasteiger partial charge in [-0.25, -0.2) is 0 Å². The van der Waals surface area contributed by atoms with E-state index in [4.69, 9.17) is 4.99 Å². The maximum atomic E-state index is 11.6. The topological polar surface area (TPSA) is 68.8 Å². The quantitative estimate of drug-likeness (QED) is 0.436. The molecule has 1 aliphatic heterocycles. The average Bonchev–Trinajstić information content (AvgIpc) is 3.23. The van der Waals surface area contributed by atoms with E-state index in [0.29, 0.717) is 12.6 Å². The van der Waals surface area contributed by atoms with Crippen LogP contribution in [0.4, 0.5) is 0 Å². The largest absolute Gasteiger partial charge is 0.358 e. The van der Waals surface area contributed by atoms with Gasteiger partial charge in [0.05, 0.1) is 13.1 Å². The van der Waals surface area contributed by atoms with Crippen molar-refractivity contribution in [2.24, 2.45) is 4.99 Å². The maximum absolute atomic E-state index is 11.6. The molecule has 0 unspecified atom stereocenters. The summed E-state index contributed by atoms with van der Waals surface area (Å²) < 4.78 is 0.209. The van der Waals surface area contributed by atoms with Crippen LogP contribution in [0.15, 0.2) is 40.2 Å². The molecule has 1 aliphatic carbocycles. The third-order valence-corrected chi connectivity index (χ3v) is 7.51. The number of thioether (sulfide) groups is 1. The second-order valence-electron chi connectivity index (χ2n) is 8.37. The highest BCUT2D eigenvalue weighted by Crippen LogP contribution is 2.45. The summed E-state index contributed by atoms with van der Waals surface area (Å²) in [4.78, 5) is 20.2. The van der Waals surface area contributed by atoms with Crippen LogP contribution in [0.2, 0.25) is 0 Å². The number of aliphatic imine (C=N–C) groups is 1. The van der Waals surface area contributed by atoms with Gasteiger partial charge in [0.2, 0.25) is 5.91 Å². The number of guanidine groups is 1. The fraction of sp³-hybridized carbons (Fsp3) is 0.652. The summed E-state index contributed by atoms with van der Waals surface area (Å²) in [6.45, 7) is 6.21. The van der Waals surface area contributed by atoms with Gasteiger partial charge in [-0.05, 0) is 44.7 Å². The van der Waals surface area contributed by atoms with E-state index in [0.717, 1.165) is 45.0 Å². The van der Waals surface area contributed by atoms with Crippen molar-refractivity contribution in [1.29, 1.82) is 0 Å². The van der Waals surface area contributed by atoms with Gasteiger partial charge < -0.3 is 16.0 Å². The summed E-state index contributed by atoms with van der Waals surface area (Å²) in [5.74, 6) is 1.02. The summed E-state index contributed by atoms with van der Waals surface area (Å²) in [5, 5.41) is 9.80. The number of nitrogens with zero attached hydrogens (tertiary/aromatic N) is 2. The standard InChI is InChI=1S/C23H37N5OS/c1-3-25-22(27-19-11-15-28(16-12-19)17-21(29)24-2)26-18-23(13-7-8-14-23)30-20-9-5-4-6-10-20/h4-6,9-10,19H,3,7-8,11-18H2,1-2H3,(H,24,29)(H2,25,26,27). The molecule has 3 rings (SSSR count). The molecule has 0 radical (unpaired) electrons. The first-order chi connectivity index (χ1) is 14.6. The molecule has 3 N–H and O–H groups in total. The second-order valence-corrected chi connectivity index (χ2v) is 9.91. The van der Waals surface area contributed by atoms with E-state index < -0.39 is 0 Å². The average molecular weight is 432 g/mol. The summed E-state index contributed by atoms with van der Waals surface area (Å²) in [7, 11) is 1.70. The Morgan fingerprint density at radius 1 is 1.20 bits per heavy atom. The van der Waals surface area contributed by atoms with Gasteiger partial charge in [-0.3, -0.25) is 14.7 Å². The molecule has 1 saturated carbocycles. The predicted octanol–water partition coefficient (Wildman–Crippen LogP) is 2.86. The van der Waals surface area contributed by atoms with Gasteiger partial charge in [-0.1, -0.05) is 31.0 Å². The van der Waals surface area contributed by atoms with Crippen LogP contribution in [0.3, 0.4) is 0 Å². The lowest BCUT2D eigenvalue weighted by atomic mass is 10.1. The smallest absolute Gasteiger partial charge is 0.233 e. The third kappa shape index (κ3) is 6.91. The first-order valence-electron chi connectivity index (χ1n) is 11.3. The number of carbonyl (C=O) groups excluding carboxylic acids is 1. The molecule has 7 heteroatoms. The molecule has 6 nitrogen and oxygen atoms in total. The maximum Gasteiger partial charge on any atom is 0.233 e. The number of likely N-dealkylation sites (N-methyl/N-ethyl adjacent to an activating group) is 1. The normalized spacial score (nSPS) is 20.1. The molecular formula is C23H37N5OS. The Balaban J connectivity index is 1.56. The molecule has 166 valence electrons. The molecule has 1 heterocycles. The highest BCUT2D eigenvalue weighted by molar-refractivity contribution is 8.00. The molecule has 0 aromatic heterocycles. The Kier molecular flexibility index (Phi) is 8.88. The van der Waals surface area contributed by atoms with Crippen molar-refractivity contribution in [3.63, 3.8) is 0 Å². The molecule has 2 fully saturated rings. The second kappa shape index (κ2) is 11.6. The van der Waals surface area contributed by atoms with Crippen LogP contribution in [0.25, 0.3) is 0 Å². The molecule has 0 bridgehead atoms. The summed E-state index contributed by atoms with van der Waals surface area (Å²) >= 11 is 2.01. The van der Waals surface area contributed by atoms with Crippen LogP contribution >= 0.6 is 11.8 Å². The Labute approximate surface area is 185 Å². The molecular weight excluding hydrogens is 394 g/mol. The minimum Gasteiger partial charge on any atom is -0.358 e. The fourth-order valence-corrected chi connectivity index (χ4v) is 5.72. The highest BCUT2D eigenvalue weighted by Gasteiger charge is 2.35. The molecule has 30 heavy (non-hydrogen) atoms. The molecule has 2 aliphatic rings. The van der Waals surface area contributed by atoms with Crippen molar-refractivity contribution in [3.8, 4) is 0 Å². The number of piperidine rings is 1.